The smallest absolute Gasteiger partial charge is 0.399 e. The molecule has 0 atom stereocenters. The summed E-state index contributed by atoms with van der Waals surface area (Å²) in [5.74, 6) is -0.274. The van der Waals surface area contributed by atoms with Gasteiger partial charge in [-0.15, -0.1) is 0 Å². The summed E-state index contributed by atoms with van der Waals surface area (Å²) in [4.78, 5) is 12.6. The Kier molecular flexibility index (Phi) is 8.60. The molecular formula is C13H21N2O2+. The number of likely N-dealkylation sites (N-methyl/N-ethyl adjacent to an activating group) is 1. The van der Waals surface area contributed by atoms with Crippen LogP contribution in [0.3, 0.4) is 0 Å². The average molecular weight is 237 g/mol. The van der Waals surface area contributed by atoms with Gasteiger partial charge in [0.25, 0.3) is 0 Å². The fraction of sp³-hybridized carbons (Fsp3) is 0.385. The van der Waals surface area contributed by atoms with Crippen molar-refractivity contribution < 1.29 is 9.22 Å². The molecule has 0 aliphatic carbocycles. The van der Waals surface area contributed by atoms with Crippen molar-refractivity contribution in [2.45, 2.75) is 13.8 Å². The van der Waals surface area contributed by atoms with Gasteiger partial charge in [-0.25, -0.2) is 0 Å². The van der Waals surface area contributed by atoms with Gasteiger partial charge in [-0.2, -0.15) is 0 Å². The number of nitrogens with zero attached hydrogens (tertiary/aromatic N) is 1. The Bertz CT molecular complexity index is 321. The first-order valence-electron chi connectivity index (χ1n) is 5.61. The molecule has 0 saturated carbocycles. The molecule has 0 heterocycles. The van der Waals surface area contributed by atoms with Gasteiger partial charge in [-0.1, -0.05) is 32.0 Å². The predicted octanol–water partition coefficient (Wildman–Crippen LogP) is 1.49. The first kappa shape index (κ1) is 15.3. The summed E-state index contributed by atoms with van der Waals surface area (Å²) in [6.45, 7) is 9.11. The third-order valence-corrected chi connectivity index (χ3v) is 2.21. The van der Waals surface area contributed by atoms with E-state index in [1.807, 2.05) is 49.1 Å². The Morgan fingerprint density at radius 1 is 1.29 bits per heavy atom. The summed E-state index contributed by atoms with van der Waals surface area (Å²) in [6.07, 6.45) is 0. The highest BCUT2D eigenvalue weighted by atomic mass is 16.4. The van der Waals surface area contributed by atoms with Gasteiger partial charge in [0.05, 0.1) is 4.79 Å². The Balaban J connectivity index is 0.000000318. The maximum absolute atomic E-state index is 10.6. The molecule has 4 heteroatoms. The monoisotopic (exact) mass is 237 g/mol. The van der Waals surface area contributed by atoms with E-state index >= 15 is 0 Å². The van der Waals surface area contributed by atoms with Crippen LogP contribution < -0.4 is 5.73 Å². The zero-order chi connectivity index (χ0) is 13.1. The van der Waals surface area contributed by atoms with Gasteiger partial charge in [0.15, 0.2) is 13.3 Å². The van der Waals surface area contributed by atoms with Gasteiger partial charge >= 0.3 is 5.97 Å². The molecule has 0 saturated heterocycles. The lowest BCUT2D eigenvalue weighted by atomic mass is 10.3. The molecule has 4 nitrogen and oxygen atoms in total. The molecule has 94 valence electrons. The van der Waals surface area contributed by atoms with E-state index in [2.05, 4.69) is 11.2 Å². The quantitative estimate of drug-likeness (QED) is 0.637. The van der Waals surface area contributed by atoms with Gasteiger partial charge in [-0.3, -0.25) is 9.32 Å². The van der Waals surface area contributed by atoms with Gasteiger partial charge in [-0.05, 0) is 25.2 Å². The van der Waals surface area contributed by atoms with Gasteiger partial charge in [0.2, 0.25) is 0 Å². The molecule has 0 aliphatic heterocycles. The molecule has 0 unspecified atom stereocenters. The van der Waals surface area contributed by atoms with Crippen LogP contribution in [0, 0.1) is 0 Å². The molecule has 1 aromatic rings. The van der Waals surface area contributed by atoms with Crippen molar-refractivity contribution >= 4 is 18.4 Å². The minimum Gasteiger partial charge on any atom is -0.399 e. The number of hydrogen-bond donors (Lipinski definition) is 1. The third kappa shape index (κ3) is 8.16. The zero-order valence-corrected chi connectivity index (χ0v) is 10.6. The van der Waals surface area contributed by atoms with E-state index in [0.29, 0.717) is 6.54 Å². The molecule has 0 fully saturated rings. The van der Waals surface area contributed by atoms with Crippen LogP contribution in [0.2, 0.25) is 0 Å². The summed E-state index contributed by atoms with van der Waals surface area (Å²) in [6, 6.07) is 9.49. The molecule has 0 spiro atoms. The Hall–Kier alpha value is -1.68. The van der Waals surface area contributed by atoms with Crippen LogP contribution in [0.4, 0.5) is 5.69 Å². The topological polar surface area (TPSA) is 57.6 Å². The van der Waals surface area contributed by atoms with E-state index < -0.39 is 0 Å². The van der Waals surface area contributed by atoms with Crippen LogP contribution in [-0.2, 0) is 9.22 Å². The normalized spacial score (nSPS) is 9.35. The van der Waals surface area contributed by atoms with Crippen LogP contribution in [0.15, 0.2) is 30.3 Å². The number of benzene rings is 1. The van der Waals surface area contributed by atoms with Gasteiger partial charge in [0, 0.05) is 5.69 Å². The van der Waals surface area contributed by atoms with Crippen molar-refractivity contribution in [3.8, 4) is 0 Å². The summed E-state index contributed by atoms with van der Waals surface area (Å²) >= 11 is 0. The van der Waals surface area contributed by atoms with E-state index in [-0.39, 0.29) is 5.97 Å². The molecule has 0 radical (unpaired) electrons. The van der Waals surface area contributed by atoms with Gasteiger partial charge < -0.3 is 5.73 Å². The van der Waals surface area contributed by atoms with Crippen LogP contribution >= 0.6 is 0 Å². The Labute approximate surface area is 103 Å². The van der Waals surface area contributed by atoms with E-state index in [9.17, 15) is 4.79 Å². The fourth-order valence-corrected chi connectivity index (χ4v) is 1.13. The largest absolute Gasteiger partial charge is 0.593 e. The van der Waals surface area contributed by atoms with Crippen molar-refractivity contribution in [3.63, 3.8) is 0 Å². The summed E-state index contributed by atoms with van der Waals surface area (Å²) in [5.41, 5.74) is 6.18. The number of hydrogen-bond acceptors (Lipinski definition) is 3. The fourth-order valence-electron chi connectivity index (χ4n) is 1.13. The van der Waals surface area contributed by atoms with Crippen molar-refractivity contribution in [1.29, 1.82) is 0 Å². The van der Waals surface area contributed by atoms with E-state index in [4.69, 9.17) is 5.73 Å². The number of anilines is 1. The minimum atomic E-state index is -0.274. The second kappa shape index (κ2) is 9.54. The van der Waals surface area contributed by atoms with Crippen LogP contribution in [-0.4, -0.2) is 37.3 Å². The second-order valence-electron chi connectivity index (χ2n) is 3.39. The lowest BCUT2D eigenvalue weighted by molar-refractivity contribution is -0.369. The highest BCUT2D eigenvalue weighted by Crippen LogP contribution is 1.95. The molecule has 0 bridgehead atoms. The summed E-state index contributed by atoms with van der Waals surface area (Å²) < 4.78 is 4.25. The third-order valence-electron chi connectivity index (χ3n) is 2.21. The zero-order valence-electron chi connectivity index (χ0n) is 10.6. The number of nitrogens with two attached hydrogens (primary N) is 1. The Morgan fingerprint density at radius 3 is 2.12 bits per heavy atom. The maximum Gasteiger partial charge on any atom is 0.593 e. The lowest BCUT2D eigenvalue weighted by Crippen LogP contribution is -2.29. The number of carbonyl (C=O) groups is 1. The van der Waals surface area contributed by atoms with Gasteiger partial charge in [0.1, 0.15) is 0 Å². The minimum absolute atomic E-state index is 0.274. The molecule has 2 N–H and O–H groups in total. The van der Waals surface area contributed by atoms with Crippen molar-refractivity contribution in [2.24, 2.45) is 0 Å². The molecule has 1 aromatic carbocycles. The van der Waals surface area contributed by atoms with Crippen LogP contribution in [0.1, 0.15) is 13.8 Å². The maximum atomic E-state index is 10.6. The molecule has 0 aliphatic rings. The van der Waals surface area contributed by atoms with E-state index in [0.717, 1.165) is 18.8 Å². The standard InChI is InChI=1S/C7H14NO2.C6H7N/c1-4-8(5-2)6-7(9)10-3;7-6-4-2-1-3-5-6/h3-6H2,1-2H3;1-5H,7H2/q+1;. The molecule has 0 aromatic heterocycles. The molecule has 0 amide bonds. The lowest BCUT2D eigenvalue weighted by Gasteiger charge is -2.10. The predicted molar refractivity (Wildman–Crippen MR) is 70.8 cm³/mol. The number of rotatable bonds is 4. The molecule has 1 rings (SSSR count). The second-order valence-corrected chi connectivity index (χ2v) is 3.39. The van der Waals surface area contributed by atoms with Crippen molar-refractivity contribution in [3.05, 3.63) is 30.3 Å². The highest BCUT2D eigenvalue weighted by Gasteiger charge is 2.15. The SMILES string of the molecule is C=[O+]C(=O)CN(CC)CC.Nc1ccccc1. The van der Waals surface area contributed by atoms with Crippen LogP contribution in [0.5, 0.6) is 0 Å². The average Bonchev–Trinajstić information content (AvgIpc) is 2.37. The summed E-state index contributed by atoms with van der Waals surface area (Å²) in [7, 11) is 0. The van der Waals surface area contributed by atoms with Crippen LogP contribution in [0.25, 0.3) is 0 Å². The highest BCUT2D eigenvalue weighted by molar-refractivity contribution is 5.68. The van der Waals surface area contributed by atoms with Crippen molar-refractivity contribution in [1.82, 2.24) is 4.90 Å². The number of carbonyl (C=O) groups excluding carboxylic acids is 2. The molecular weight excluding hydrogens is 216 g/mol. The number of para-hydroxylation sites is 1. The first-order chi connectivity index (χ1) is 8.13. The Morgan fingerprint density at radius 2 is 1.82 bits per heavy atom. The van der Waals surface area contributed by atoms with E-state index in [1.165, 1.54) is 0 Å². The summed E-state index contributed by atoms with van der Waals surface area (Å²) in [5, 5.41) is 0. The molecule has 17 heavy (non-hydrogen) atoms. The van der Waals surface area contributed by atoms with E-state index in [1.54, 1.807) is 0 Å². The van der Waals surface area contributed by atoms with Crippen molar-refractivity contribution in [2.75, 3.05) is 25.4 Å². The number of nitrogen functional groups attached to an aromatic ring is 1. The first-order valence-corrected chi connectivity index (χ1v) is 5.61.